The summed E-state index contributed by atoms with van der Waals surface area (Å²) in [6.07, 6.45) is 1.77. The van der Waals surface area contributed by atoms with Crippen LogP contribution in [0, 0.1) is 27.7 Å². The molecule has 8 heteroatoms. The van der Waals surface area contributed by atoms with Crippen LogP contribution < -0.4 is 20.9 Å². The third-order valence-corrected chi connectivity index (χ3v) is 5.64. The van der Waals surface area contributed by atoms with Crippen molar-refractivity contribution in [3.05, 3.63) is 52.6 Å². The zero-order chi connectivity index (χ0) is 21.6. The van der Waals surface area contributed by atoms with Crippen molar-refractivity contribution in [2.75, 3.05) is 24.8 Å². The Balaban J connectivity index is 1.80. The molecule has 2 rings (SSSR count). The Labute approximate surface area is 172 Å². The molecular formula is C21H29N3O4S. The molecule has 0 fully saturated rings. The molecule has 158 valence electrons. The fourth-order valence-corrected chi connectivity index (χ4v) is 3.68. The molecule has 0 saturated carbocycles. The number of anilines is 1. The summed E-state index contributed by atoms with van der Waals surface area (Å²) in [6, 6.07) is 8.84. The number of carbonyl (C=O) groups excluding carboxylic acids is 1. The van der Waals surface area contributed by atoms with Gasteiger partial charge in [-0.05, 0) is 69.0 Å². The van der Waals surface area contributed by atoms with Crippen LogP contribution in [0.2, 0.25) is 0 Å². The van der Waals surface area contributed by atoms with Crippen molar-refractivity contribution in [1.29, 1.82) is 0 Å². The summed E-state index contributed by atoms with van der Waals surface area (Å²) in [5.74, 6) is 0.838. The normalized spacial score (nSPS) is 11.1. The van der Waals surface area contributed by atoms with Gasteiger partial charge in [0.25, 0.3) is 0 Å². The number of sulfone groups is 1. The molecule has 29 heavy (non-hydrogen) atoms. The Morgan fingerprint density at radius 2 is 1.69 bits per heavy atom. The zero-order valence-electron chi connectivity index (χ0n) is 17.5. The minimum absolute atomic E-state index is 0.141. The monoisotopic (exact) mass is 419 g/mol. The number of ether oxygens (including phenoxy) is 1. The highest BCUT2D eigenvalue weighted by Crippen LogP contribution is 2.24. The maximum absolute atomic E-state index is 12.0. The van der Waals surface area contributed by atoms with E-state index in [9.17, 15) is 13.2 Å². The van der Waals surface area contributed by atoms with Crippen molar-refractivity contribution in [3.63, 3.8) is 0 Å². The van der Waals surface area contributed by atoms with Gasteiger partial charge in [-0.1, -0.05) is 17.7 Å². The molecule has 2 amide bonds. The number of aryl methyl sites for hydroxylation is 4. The summed E-state index contributed by atoms with van der Waals surface area (Å²) in [5, 5.41) is 2.71. The topological polar surface area (TPSA) is 96.5 Å². The van der Waals surface area contributed by atoms with Crippen molar-refractivity contribution in [1.82, 2.24) is 10.7 Å². The first-order chi connectivity index (χ1) is 13.6. The minimum atomic E-state index is -3.43. The Morgan fingerprint density at radius 3 is 2.34 bits per heavy atom. The largest absolute Gasteiger partial charge is 0.493 e. The highest BCUT2D eigenvalue weighted by Gasteiger charge is 2.15. The molecule has 0 saturated heterocycles. The van der Waals surface area contributed by atoms with Crippen LogP contribution in [0.4, 0.5) is 10.5 Å². The van der Waals surface area contributed by atoms with Gasteiger partial charge < -0.3 is 10.1 Å². The number of hydrogen-bond donors (Lipinski definition) is 3. The van der Waals surface area contributed by atoms with Crippen molar-refractivity contribution in [2.45, 2.75) is 39.0 Å². The number of hydrogen-bond acceptors (Lipinski definition) is 5. The fraction of sp³-hybridized carbons (Fsp3) is 0.381. The van der Waals surface area contributed by atoms with Crippen LogP contribution in [-0.4, -0.2) is 33.9 Å². The van der Waals surface area contributed by atoms with Crippen LogP contribution in [0.15, 0.2) is 35.2 Å². The molecular weight excluding hydrogens is 390 g/mol. The lowest BCUT2D eigenvalue weighted by Gasteiger charge is -2.15. The van der Waals surface area contributed by atoms with Gasteiger partial charge in [0, 0.05) is 12.8 Å². The van der Waals surface area contributed by atoms with E-state index in [4.69, 9.17) is 4.74 Å². The fourth-order valence-electron chi connectivity index (χ4n) is 2.78. The van der Waals surface area contributed by atoms with E-state index < -0.39 is 15.9 Å². The molecule has 0 unspecified atom stereocenters. The second-order valence-electron chi connectivity index (χ2n) is 7.18. The molecule has 0 aliphatic rings. The highest BCUT2D eigenvalue weighted by atomic mass is 32.2. The summed E-state index contributed by atoms with van der Waals surface area (Å²) in [6.45, 7) is 8.65. The smallest absolute Gasteiger partial charge is 0.333 e. The number of amides is 2. The minimum Gasteiger partial charge on any atom is -0.493 e. The SMILES string of the molecule is Cc1ccc(OCCCNC(=O)NNc2cc(C)c(C)cc2S(C)(=O)=O)c(C)c1. The standard InChI is InChI=1S/C21H29N3O4S/c1-14-7-8-19(17(4)11-14)28-10-6-9-22-21(25)24-23-18-12-15(2)16(3)13-20(18)29(5,26)27/h7-8,11-13,23H,6,9-10H2,1-5H3,(H2,22,24,25). The van der Waals surface area contributed by atoms with Gasteiger partial charge >= 0.3 is 6.03 Å². The molecule has 0 heterocycles. The Kier molecular flexibility index (Phi) is 7.50. The maximum atomic E-state index is 12.0. The van der Waals surface area contributed by atoms with Gasteiger partial charge in [0.1, 0.15) is 5.75 Å². The third kappa shape index (κ3) is 6.67. The lowest BCUT2D eigenvalue weighted by molar-refractivity contribution is 0.241. The number of rotatable bonds is 8. The van der Waals surface area contributed by atoms with E-state index in [2.05, 4.69) is 22.2 Å². The lowest BCUT2D eigenvalue weighted by Crippen LogP contribution is -2.40. The Morgan fingerprint density at radius 1 is 1.00 bits per heavy atom. The van der Waals surface area contributed by atoms with E-state index in [0.717, 1.165) is 28.7 Å². The van der Waals surface area contributed by atoms with E-state index in [-0.39, 0.29) is 4.90 Å². The summed E-state index contributed by atoms with van der Waals surface area (Å²) in [7, 11) is -3.43. The highest BCUT2D eigenvalue weighted by molar-refractivity contribution is 7.90. The summed E-state index contributed by atoms with van der Waals surface area (Å²) in [4.78, 5) is 12.1. The lowest BCUT2D eigenvalue weighted by atomic mass is 10.1. The summed E-state index contributed by atoms with van der Waals surface area (Å²) in [5.41, 5.74) is 9.56. The molecule has 7 nitrogen and oxygen atoms in total. The molecule has 0 aromatic heterocycles. The van der Waals surface area contributed by atoms with Crippen LogP contribution in [0.25, 0.3) is 0 Å². The number of nitrogens with one attached hydrogen (secondary N) is 3. The van der Waals surface area contributed by atoms with Crippen LogP contribution >= 0.6 is 0 Å². The molecule has 0 bridgehead atoms. The molecule has 0 aliphatic carbocycles. The Bertz CT molecular complexity index is 988. The van der Waals surface area contributed by atoms with E-state index >= 15 is 0 Å². The van der Waals surface area contributed by atoms with Crippen molar-refractivity contribution >= 4 is 21.6 Å². The first kappa shape index (κ1) is 22.5. The van der Waals surface area contributed by atoms with Gasteiger partial charge in [0.15, 0.2) is 9.84 Å². The number of urea groups is 1. The van der Waals surface area contributed by atoms with Crippen molar-refractivity contribution < 1.29 is 17.9 Å². The Hall–Kier alpha value is -2.74. The number of benzene rings is 2. The molecule has 2 aromatic carbocycles. The predicted octanol–water partition coefficient (Wildman–Crippen LogP) is 3.42. The van der Waals surface area contributed by atoms with Gasteiger partial charge in [-0.25, -0.2) is 13.2 Å². The van der Waals surface area contributed by atoms with Crippen LogP contribution in [0.3, 0.4) is 0 Å². The van der Waals surface area contributed by atoms with Gasteiger partial charge in [-0.3, -0.25) is 10.9 Å². The molecule has 2 aromatic rings. The van der Waals surface area contributed by atoms with Gasteiger partial charge in [-0.2, -0.15) is 0 Å². The summed E-state index contributed by atoms with van der Waals surface area (Å²) < 4.78 is 29.7. The first-order valence-electron chi connectivity index (χ1n) is 9.39. The molecule has 0 aliphatic heterocycles. The molecule has 3 N–H and O–H groups in total. The average Bonchev–Trinajstić information content (AvgIpc) is 2.62. The first-order valence-corrected chi connectivity index (χ1v) is 11.3. The second kappa shape index (κ2) is 9.65. The van der Waals surface area contributed by atoms with Crippen LogP contribution in [-0.2, 0) is 9.84 Å². The van der Waals surface area contributed by atoms with Crippen LogP contribution in [0.5, 0.6) is 5.75 Å². The number of carbonyl (C=O) groups is 1. The van der Waals surface area contributed by atoms with Crippen LogP contribution in [0.1, 0.15) is 28.7 Å². The molecule has 0 atom stereocenters. The van der Waals surface area contributed by atoms with E-state index in [1.54, 1.807) is 12.1 Å². The second-order valence-corrected chi connectivity index (χ2v) is 9.17. The molecule has 0 radical (unpaired) electrons. The van der Waals surface area contributed by atoms with Gasteiger partial charge in [0.05, 0.1) is 17.2 Å². The van der Waals surface area contributed by atoms with E-state index in [1.807, 2.05) is 39.8 Å². The number of hydrazine groups is 1. The summed E-state index contributed by atoms with van der Waals surface area (Å²) >= 11 is 0. The quantitative estimate of drug-likeness (QED) is 0.450. The third-order valence-electron chi connectivity index (χ3n) is 4.50. The average molecular weight is 420 g/mol. The predicted molar refractivity (Wildman–Crippen MR) is 115 cm³/mol. The van der Waals surface area contributed by atoms with Crippen molar-refractivity contribution in [3.8, 4) is 5.75 Å². The molecule has 0 spiro atoms. The maximum Gasteiger partial charge on any atom is 0.333 e. The van der Waals surface area contributed by atoms with E-state index in [1.165, 1.54) is 5.56 Å². The van der Waals surface area contributed by atoms with Gasteiger partial charge in [0.2, 0.25) is 0 Å². The van der Waals surface area contributed by atoms with E-state index in [0.29, 0.717) is 25.3 Å². The van der Waals surface area contributed by atoms with Gasteiger partial charge in [-0.15, -0.1) is 0 Å². The van der Waals surface area contributed by atoms with Crippen molar-refractivity contribution in [2.24, 2.45) is 0 Å². The zero-order valence-corrected chi connectivity index (χ0v) is 18.4.